The van der Waals surface area contributed by atoms with Gasteiger partial charge >= 0.3 is 5.97 Å². The summed E-state index contributed by atoms with van der Waals surface area (Å²) in [5, 5.41) is 16.3. The second kappa shape index (κ2) is 11.8. The highest BCUT2D eigenvalue weighted by molar-refractivity contribution is 6.35. The van der Waals surface area contributed by atoms with E-state index in [1.165, 1.54) is 18.6 Å². The zero-order chi connectivity index (χ0) is 28.4. The second-order valence-electron chi connectivity index (χ2n) is 9.76. The number of carbonyl (C=O) groups is 1. The summed E-state index contributed by atoms with van der Waals surface area (Å²) in [7, 11) is 0. The lowest BCUT2D eigenvalue weighted by atomic mass is 10.1. The summed E-state index contributed by atoms with van der Waals surface area (Å²) in [6.45, 7) is 5.99. The summed E-state index contributed by atoms with van der Waals surface area (Å²) in [5.74, 6) is -0.0814. The number of carbonyl (C=O) groups excluding carboxylic acids is 1. The lowest BCUT2D eigenvalue weighted by molar-refractivity contribution is -0.0365. The van der Waals surface area contributed by atoms with Crippen LogP contribution in [-0.4, -0.2) is 38.4 Å². The van der Waals surface area contributed by atoms with E-state index in [0.29, 0.717) is 39.2 Å². The van der Waals surface area contributed by atoms with Crippen molar-refractivity contribution < 1.29 is 19.0 Å². The van der Waals surface area contributed by atoms with Gasteiger partial charge in [0.25, 0.3) is 0 Å². The van der Waals surface area contributed by atoms with E-state index in [1.54, 1.807) is 19.9 Å². The van der Waals surface area contributed by atoms with Crippen LogP contribution in [0.25, 0.3) is 22.2 Å². The SMILES string of the molecule is CC(C)OC(=O)c1ncc(-c2nn(C3CCCCO3)c3ccc(O[C@H](C)c4c(Cl)cncc4Cl)cc23)cc1C#N. The fraction of sp³-hybridized carbons (Fsp3) is 0.345. The van der Waals surface area contributed by atoms with Gasteiger partial charge in [-0.05, 0) is 64.3 Å². The van der Waals surface area contributed by atoms with Crippen LogP contribution in [0.5, 0.6) is 5.75 Å². The summed E-state index contributed by atoms with van der Waals surface area (Å²) < 4.78 is 19.4. The Morgan fingerprint density at radius 1 is 1.15 bits per heavy atom. The third-order valence-corrected chi connectivity index (χ3v) is 7.14. The number of aromatic nitrogens is 4. The summed E-state index contributed by atoms with van der Waals surface area (Å²) in [6.07, 6.45) is 6.41. The molecule has 0 saturated carbocycles. The van der Waals surface area contributed by atoms with Crippen LogP contribution in [0.3, 0.4) is 0 Å². The third-order valence-electron chi connectivity index (χ3n) is 6.53. The molecule has 11 heteroatoms. The molecule has 9 nitrogen and oxygen atoms in total. The number of benzene rings is 1. The van der Waals surface area contributed by atoms with Crippen LogP contribution >= 0.6 is 23.2 Å². The first kappa shape index (κ1) is 27.8. The molecule has 40 heavy (non-hydrogen) atoms. The van der Waals surface area contributed by atoms with E-state index in [4.69, 9.17) is 42.5 Å². The third kappa shape index (κ3) is 5.61. The van der Waals surface area contributed by atoms with E-state index in [1.807, 2.05) is 29.8 Å². The average Bonchev–Trinajstić information content (AvgIpc) is 3.31. The van der Waals surface area contributed by atoms with Crippen molar-refractivity contribution in [1.29, 1.82) is 5.26 Å². The largest absolute Gasteiger partial charge is 0.486 e. The molecule has 0 spiro atoms. The zero-order valence-corrected chi connectivity index (χ0v) is 23.7. The van der Waals surface area contributed by atoms with Crippen molar-refractivity contribution in [2.24, 2.45) is 0 Å². The Hall–Kier alpha value is -3.71. The number of pyridine rings is 2. The molecule has 0 radical (unpaired) electrons. The molecule has 0 aliphatic carbocycles. The van der Waals surface area contributed by atoms with E-state index in [0.717, 1.165) is 30.2 Å². The van der Waals surface area contributed by atoms with Crippen LogP contribution in [0.15, 0.2) is 42.9 Å². The summed E-state index contributed by atoms with van der Waals surface area (Å²) in [5.41, 5.74) is 2.68. The van der Waals surface area contributed by atoms with Crippen molar-refractivity contribution in [2.75, 3.05) is 6.61 Å². The molecule has 2 atom stereocenters. The van der Waals surface area contributed by atoms with E-state index in [-0.39, 0.29) is 23.6 Å². The Morgan fingerprint density at radius 3 is 2.60 bits per heavy atom. The molecule has 3 aromatic heterocycles. The van der Waals surface area contributed by atoms with Gasteiger partial charge < -0.3 is 14.2 Å². The van der Waals surface area contributed by atoms with Crippen LogP contribution in [0.2, 0.25) is 10.0 Å². The Bertz CT molecular complexity index is 1590. The fourth-order valence-electron chi connectivity index (χ4n) is 4.73. The van der Waals surface area contributed by atoms with Crippen molar-refractivity contribution in [2.45, 2.75) is 58.5 Å². The number of halogens is 2. The van der Waals surface area contributed by atoms with Gasteiger partial charge in [0.05, 0.1) is 27.2 Å². The van der Waals surface area contributed by atoms with E-state index in [9.17, 15) is 10.1 Å². The van der Waals surface area contributed by atoms with E-state index in [2.05, 4.69) is 16.0 Å². The van der Waals surface area contributed by atoms with Gasteiger partial charge in [0, 0.05) is 41.7 Å². The topological polar surface area (TPSA) is 112 Å². The fourth-order valence-corrected chi connectivity index (χ4v) is 5.40. The van der Waals surface area contributed by atoms with E-state index >= 15 is 0 Å². The molecular formula is C29H27Cl2N5O4. The van der Waals surface area contributed by atoms with Crippen LogP contribution < -0.4 is 4.74 Å². The normalized spacial score (nSPS) is 16.1. The molecule has 1 saturated heterocycles. The first-order valence-electron chi connectivity index (χ1n) is 13.0. The van der Waals surface area contributed by atoms with Gasteiger partial charge in [-0.25, -0.2) is 14.5 Å². The Balaban J connectivity index is 1.58. The molecule has 206 valence electrons. The predicted octanol–water partition coefficient (Wildman–Crippen LogP) is 7.08. The number of fused-ring (bicyclic) bond motifs is 1. The van der Waals surface area contributed by atoms with Gasteiger partial charge in [-0.2, -0.15) is 10.4 Å². The zero-order valence-electron chi connectivity index (χ0n) is 22.2. The standard InChI is InChI=1S/C29H27Cl2N5O4/c1-16(2)39-29(37)28-18(12-32)10-19(13-34-28)27-21-11-20(40-17(3)26-22(30)14-33-15-23(26)31)7-8-24(21)36(35-27)25-6-4-5-9-38-25/h7-8,10-11,13-17,25H,4-6,9H2,1-3H3/t17-,25?/m1/s1. The van der Waals surface area contributed by atoms with Crippen molar-refractivity contribution in [3.63, 3.8) is 0 Å². The van der Waals surface area contributed by atoms with Crippen molar-refractivity contribution in [3.8, 4) is 23.1 Å². The first-order chi connectivity index (χ1) is 19.3. The molecule has 4 aromatic rings. The second-order valence-corrected chi connectivity index (χ2v) is 10.6. The highest BCUT2D eigenvalue weighted by Gasteiger charge is 2.25. The number of hydrogen-bond donors (Lipinski definition) is 0. The maximum absolute atomic E-state index is 12.5. The molecule has 1 aliphatic heterocycles. The van der Waals surface area contributed by atoms with Crippen LogP contribution in [0.1, 0.15) is 74.0 Å². The number of nitrogens with zero attached hydrogens (tertiary/aromatic N) is 5. The molecule has 5 rings (SSSR count). The van der Waals surface area contributed by atoms with Gasteiger partial charge in [0.2, 0.25) is 0 Å². The lowest BCUT2D eigenvalue weighted by Crippen LogP contribution is -2.19. The van der Waals surface area contributed by atoms with Crippen molar-refractivity contribution in [3.05, 3.63) is 69.7 Å². The number of ether oxygens (including phenoxy) is 3. The Morgan fingerprint density at radius 2 is 1.93 bits per heavy atom. The minimum absolute atomic E-state index is 0.0387. The van der Waals surface area contributed by atoms with Crippen LogP contribution in [0.4, 0.5) is 0 Å². The van der Waals surface area contributed by atoms with Gasteiger partial charge in [-0.3, -0.25) is 4.98 Å². The summed E-state index contributed by atoms with van der Waals surface area (Å²) in [4.78, 5) is 20.8. The lowest BCUT2D eigenvalue weighted by Gasteiger charge is -2.23. The first-order valence-corrected chi connectivity index (χ1v) is 13.7. The molecule has 1 aromatic carbocycles. The van der Waals surface area contributed by atoms with Gasteiger partial charge in [0.15, 0.2) is 11.9 Å². The van der Waals surface area contributed by atoms with Gasteiger partial charge in [-0.1, -0.05) is 23.2 Å². The maximum Gasteiger partial charge on any atom is 0.358 e. The monoisotopic (exact) mass is 579 g/mol. The molecule has 1 fully saturated rings. The van der Waals surface area contributed by atoms with Gasteiger partial charge in [0.1, 0.15) is 23.6 Å². The molecule has 0 bridgehead atoms. The van der Waals surface area contributed by atoms with Crippen molar-refractivity contribution >= 4 is 40.1 Å². The average molecular weight is 580 g/mol. The van der Waals surface area contributed by atoms with Crippen LogP contribution in [-0.2, 0) is 9.47 Å². The number of rotatable bonds is 7. The minimum Gasteiger partial charge on any atom is -0.486 e. The smallest absolute Gasteiger partial charge is 0.358 e. The molecule has 4 heterocycles. The maximum atomic E-state index is 12.5. The summed E-state index contributed by atoms with van der Waals surface area (Å²) in [6, 6.07) is 9.33. The number of hydrogen-bond acceptors (Lipinski definition) is 8. The molecule has 1 aliphatic rings. The summed E-state index contributed by atoms with van der Waals surface area (Å²) >= 11 is 12.7. The molecular weight excluding hydrogens is 553 g/mol. The highest BCUT2D eigenvalue weighted by atomic mass is 35.5. The van der Waals surface area contributed by atoms with Gasteiger partial charge in [-0.15, -0.1) is 0 Å². The minimum atomic E-state index is -0.651. The molecule has 0 amide bonds. The quantitative estimate of drug-likeness (QED) is 0.213. The molecule has 1 unspecified atom stereocenters. The predicted molar refractivity (Wildman–Crippen MR) is 150 cm³/mol. The number of nitriles is 1. The van der Waals surface area contributed by atoms with E-state index < -0.39 is 12.1 Å². The number of esters is 1. The molecule has 0 N–H and O–H groups in total. The Kier molecular flexibility index (Phi) is 8.22. The Labute approximate surface area is 241 Å². The van der Waals surface area contributed by atoms with Crippen LogP contribution in [0, 0.1) is 11.3 Å². The van der Waals surface area contributed by atoms with Crippen molar-refractivity contribution in [1.82, 2.24) is 19.7 Å². The highest BCUT2D eigenvalue weighted by Crippen LogP contribution is 2.37.